The molecule has 1 saturated heterocycles. The van der Waals surface area contributed by atoms with E-state index in [9.17, 15) is 14.7 Å². The van der Waals surface area contributed by atoms with Crippen LogP contribution in [0.2, 0.25) is 0 Å². The molecule has 2 aromatic rings. The van der Waals surface area contributed by atoms with Crippen LogP contribution in [0.4, 0.5) is 0 Å². The first-order valence-corrected chi connectivity index (χ1v) is 12.1. The molecule has 1 saturated carbocycles. The van der Waals surface area contributed by atoms with Crippen molar-refractivity contribution in [2.45, 2.75) is 62.5 Å². The molecule has 1 aliphatic carbocycles. The third kappa shape index (κ3) is 5.47. The van der Waals surface area contributed by atoms with E-state index in [1.165, 1.54) is 0 Å². The number of benzene rings is 1. The van der Waals surface area contributed by atoms with Crippen molar-refractivity contribution in [1.29, 1.82) is 0 Å². The molecule has 1 aromatic heterocycles. The van der Waals surface area contributed by atoms with Crippen LogP contribution in [-0.2, 0) is 4.74 Å². The van der Waals surface area contributed by atoms with Gasteiger partial charge in [0.05, 0.1) is 12.2 Å². The van der Waals surface area contributed by atoms with E-state index in [0.29, 0.717) is 25.0 Å². The Labute approximate surface area is 204 Å². The zero-order chi connectivity index (χ0) is 24.3. The normalized spacial score (nSPS) is 27.1. The highest BCUT2D eigenvalue weighted by atomic mass is 32.1. The van der Waals surface area contributed by atoms with Crippen LogP contribution >= 0.6 is 12.6 Å². The fraction of sp³-hybridized carbons (Fsp3) is 0.480. The topological polar surface area (TPSA) is 124 Å². The number of phenolic OH excluding ortho intramolecular Hbond substituents is 1. The Morgan fingerprint density at radius 3 is 2.68 bits per heavy atom. The summed E-state index contributed by atoms with van der Waals surface area (Å²) in [6.45, 7) is 2.36. The van der Waals surface area contributed by atoms with Crippen molar-refractivity contribution >= 4 is 24.4 Å². The molecule has 0 bridgehead atoms. The number of ether oxygens (including phenoxy) is 2. The second-order valence-corrected chi connectivity index (χ2v) is 9.95. The number of primary amides is 1. The lowest BCUT2D eigenvalue weighted by atomic mass is 9.79. The standard InChI is InChI=1S/C25H31N3O5S/c1-15-4-9-19(21(29)13-15)23(31)28-17-7-5-16(6-8-17)25(34)14-18(10-12-32-25)33-24-20(22(26)30)3-2-11-27-24/h2-4,9,11,13,16-18,29,34H,5-8,10,12,14H2,1H3,(H2,26,30)(H,28,31). The van der Waals surface area contributed by atoms with Gasteiger partial charge in [-0.1, -0.05) is 6.07 Å². The molecule has 4 N–H and O–H groups in total. The number of rotatable bonds is 6. The number of hydrogen-bond acceptors (Lipinski definition) is 7. The minimum atomic E-state index is -0.658. The minimum Gasteiger partial charge on any atom is -0.507 e. The molecular formula is C25H31N3O5S. The van der Waals surface area contributed by atoms with Crippen LogP contribution in [0, 0.1) is 12.8 Å². The number of aromatic nitrogens is 1. The zero-order valence-corrected chi connectivity index (χ0v) is 20.1. The van der Waals surface area contributed by atoms with Gasteiger partial charge in [0.15, 0.2) is 0 Å². The number of nitrogens with one attached hydrogen (secondary N) is 1. The number of nitrogens with zero attached hydrogens (tertiary/aromatic N) is 1. The number of thiol groups is 1. The largest absolute Gasteiger partial charge is 0.507 e. The van der Waals surface area contributed by atoms with Crippen molar-refractivity contribution in [1.82, 2.24) is 10.3 Å². The monoisotopic (exact) mass is 485 g/mol. The number of pyridine rings is 1. The lowest BCUT2D eigenvalue weighted by Gasteiger charge is -2.45. The van der Waals surface area contributed by atoms with E-state index in [1.807, 2.05) is 13.0 Å². The number of carbonyl (C=O) groups is 2. The number of carbonyl (C=O) groups excluding carboxylic acids is 2. The van der Waals surface area contributed by atoms with Gasteiger partial charge >= 0.3 is 0 Å². The molecular weight excluding hydrogens is 454 g/mol. The van der Waals surface area contributed by atoms with Crippen LogP contribution < -0.4 is 15.8 Å². The molecule has 4 rings (SSSR count). The summed E-state index contributed by atoms with van der Waals surface area (Å²) in [5, 5.41) is 13.1. The quantitative estimate of drug-likeness (QED) is 0.465. The molecule has 9 heteroatoms. The Balaban J connectivity index is 1.33. The molecule has 8 nitrogen and oxygen atoms in total. The van der Waals surface area contributed by atoms with E-state index in [1.54, 1.807) is 30.5 Å². The van der Waals surface area contributed by atoms with Crippen molar-refractivity contribution in [3.8, 4) is 11.6 Å². The molecule has 2 amide bonds. The van der Waals surface area contributed by atoms with E-state index >= 15 is 0 Å². The van der Waals surface area contributed by atoms with Crippen LogP contribution in [0.15, 0.2) is 36.5 Å². The average Bonchev–Trinajstić information content (AvgIpc) is 2.79. The van der Waals surface area contributed by atoms with Gasteiger partial charge in [0.2, 0.25) is 5.88 Å². The van der Waals surface area contributed by atoms with Gasteiger partial charge in [0.1, 0.15) is 22.4 Å². The molecule has 2 fully saturated rings. The number of phenols is 1. The van der Waals surface area contributed by atoms with E-state index in [-0.39, 0.29) is 41.2 Å². The van der Waals surface area contributed by atoms with Crippen LogP contribution in [-0.4, -0.2) is 45.6 Å². The van der Waals surface area contributed by atoms with E-state index in [0.717, 1.165) is 31.2 Å². The molecule has 34 heavy (non-hydrogen) atoms. The van der Waals surface area contributed by atoms with Gasteiger partial charge in [-0.25, -0.2) is 4.98 Å². The Morgan fingerprint density at radius 1 is 1.21 bits per heavy atom. The first-order valence-electron chi connectivity index (χ1n) is 11.6. The highest BCUT2D eigenvalue weighted by Gasteiger charge is 2.44. The van der Waals surface area contributed by atoms with Crippen molar-refractivity contribution in [2.24, 2.45) is 11.7 Å². The van der Waals surface area contributed by atoms with E-state index in [4.69, 9.17) is 27.8 Å². The van der Waals surface area contributed by atoms with Crippen LogP contribution in [0.5, 0.6) is 11.6 Å². The van der Waals surface area contributed by atoms with E-state index < -0.39 is 10.8 Å². The molecule has 2 heterocycles. The molecule has 1 aliphatic heterocycles. The fourth-order valence-corrected chi connectivity index (χ4v) is 5.41. The Hall–Kier alpha value is -2.78. The maximum absolute atomic E-state index is 12.6. The van der Waals surface area contributed by atoms with Gasteiger partial charge < -0.3 is 25.6 Å². The van der Waals surface area contributed by atoms with Crippen LogP contribution in [0.1, 0.15) is 64.8 Å². The highest BCUT2D eigenvalue weighted by molar-refractivity contribution is 7.81. The van der Waals surface area contributed by atoms with Gasteiger partial charge in [-0.05, 0) is 68.4 Å². The van der Waals surface area contributed by atoms with Crippen LogP contribution in [0.3, 0.4) is 0 Å². The molecule has 1 aromatic carbocycles. The third-order valence-corrected chi connectivity index (χ3v) is 7.40. The summed E-state index contributed by atoms with van der Waals surface area (Å²) in [7, 11) is 0. The second-order valence-electron chi connectivity index (χ2n) is 9.19. The summed E-state index contributed by atoms with van der Waals surface area (Å²) in [5.74, 6) is -0.406. The molecule has 0 spiro atoms. The molecule has 2 aliphatic rings. The van der Waals surface area contributed by atoms with Crippen molar-refractivity contribution in [3.63, 3.8) is 0 Å². The van der Waals surface area contributed by atoms with E-state index in [2.05, 4.69) is 10.3 Å². The first-order chi connectivity index (χ1) is 16.2. The summed E-state index contributed by atoms with van der Waals surface area (Å²) in [4.78, 5) is 27.8. The number of amides is 2. The highest BCUT2D eigenvalue weighted by Crippen LogP contribution is 2.44. The Bertz CT molecular complexity index is 1060. The van der Waals surface area contributed by atoms with Gasteiger partial charge in [0, 0.05) is 25.1 Å². The smallest absolute Gasteiger partial charge is 0.255 e. The molecule has 2 unspecified atom stereocenters. The predicted molar refractivity (Wildman–Crippen MR) is 130 cm³/mol. The summed E-state index contributed by atoms with van der Waals surface area (Å²) in [6.07, 6.45) is 5.89. The lowest BCUT2D eigenvalue weighted by molar-refractivity contribution is -0.0926. The molecule has 182 valence electrons. The fourth-order valence-electron chi connectivity index (χ4n) is 4.86. The Morgan fingerprint density at radius 2 is 1.97 bits per heavy atom. The van der Waals surface area contributed by atoms with Crippen molar-refractivity contribution < 1.29 is 24.2 Å². The Kier molecular flexibility index (Phi) is 7.33. The number of aromatic hydroxyl groups is 1. The maximum Gasteiger partial charge on any atom is 0.255 e. The summed E-state index contributed by atoms with van der Waals surface area (Å²) < 4.78 is 12.2. The summed E-state index contributed by atoms with van der Waals surface area (Å²) in [6, 6.07) is 8.33. The third-order valence-electron chi connectivity index (χ3n) is 6.73. The minimum absolute atomic E-state index is 0.00505. The molecule has 0 radical (unpaired) electrons. The lowest BCUT2D eigenvalue weighted by Crippen LogP contribution is -2.48. The van der Waals surface area contributed by atoms with Gasteiger partial charge in [-0.15, -0.1) is 12.6 Å². The molecule has 2 atom stereocenters. The van der Waals surface area contributed by atoms with Crippen molar-refractivity contribution in [3.05, 3.63) is 53.2 Å². The summed E-state index contributed by atoms with van der Waals surface area (Å²) >= 11 is 4.93. The zero-order valence-electron chi connectivity index (χ0n) is 19.2. The predicted octanol–water partition coefficient (Wildman–Crippen LogP) is 3.37. The maximum atomic E-state index is 12.6. The van der Waals surface area contributed by atoms with Gasteiger partial charge in [0.25, 0.3) is 11.8 Å². The van der Waals surface area contributed by atoms with Gasteiger partial charge in [-0.2, -0.15) is 0 Å². The number of aryl methyl sites for hydroxylation is 1. The van der Waals surface area contributed by atoms with Gasteiger partial charge in [-0.3, -0.25) is 9.59 Å². The average molecular weight is 486 g/mol. The number of nitrogens with two attached hydrogens (primary N) is 1. The first kappa shape index (κ1) is 24.3. The summed E-state index contributed by atoms with van der Waals surface area (Å²) in [5.41, 5.74) is 6.90. The van der Waals surface area contributed by atoms with Crippen molar-refractivity contribution in [2.75, 3.05) is 6.61 Å². The van der Waals surface area contributed by atoms with Crippen LogP contribution in [0.25, 0.3) is 0 Å². The SMILES string of the molecule is Cc1ccc(C(=O)NC2CCC(C3(S)CC(Oc4ncccc4C(N)=O)CCO3)CC2)c(O)c1. The number of hydrogen-bond donors (Lipinski definition) is 4. The second kappa shape index (κ2) is 10.2.